The van der Waals surface area contributed by atoms with Crippen LogP contribution in [-0.2, 0) is 4.79 Å². The van der Waals surface area contributed by atoms with Crippen molar-refractivity contribution in [1.82, 2.24) is 5.16 Å². The number of hydrogen-bond donors (Lipinski definition) is 1. The summed E-state index contributed by atoms with van der Waals surface area (Å²) in [6.45, 7) is 1.26. The van der Waals surface area contributed by atoms with Gasteiger partial charge in [-0.15, -0.1) is 0 Å². The summed E-state index contributed by atoms with van der Waals surface area (Å²) in [5.74, 6) is 0.965. The summed E-state index contributed by atoms with van der Waals surface area (Å²) in [6, 6.07) is 12.0. The number of carbonyl (C=O) groups is 1. The number of methoxy groups -OCH3 is 2. The molecule has 1 N–H and O–H groups in total. The third-order valence-corrected chi connectivity index (χ3v) is 4.39. The lowest BCUT2D eigenvalue weighted by Gasteiger charge is -2.12. The van der Waals surface area contributed by atoms with Crippen LogP contribution in [0.3, 0.4) is 0 Å². The normalized spacial score (nSPS) is 10.7. The minimum Gasteiger partial charge on any atom is -0.495 e. The van der Waals surface area contributed by atoms with Crippen LogP contribution in [0.1, 0.15) is 17.0 Å². The van der Waals surface area contributed by atoms with Crippen molar-refractivity contribution < 1.29 is 28.5 Å². The average molecular weight is 439 g/mol. The molecule has 3 aromatic rings. The molecule has 0 spiro atoms. The molecule has 2 aromatic carbocycles. The van der Waals surface area contributed by atoms with E-state index in [0.29, 0.717) is 28.5 Å². The minimum atomic E-state index is -0.543. The molecule has 3 rings (SSSR count). The molecule has 0 atom stereocenters. The van der Waals surface area contributed by atoms with E-state index in [2.05, 4.69) is 10.5 Å². The molecule has 1 aromatic heterocycles. The van der Waals surface area contributed by atoms with Crippen LogP contribution in [0.2, 0.25) is 0 Å². The molecule has 0 saturated carbocycles. The van der Waals surface area contributed by atoms with Crippen molar-refractivity contribution in [2.75, 3.05) is 26.1 Å². The van der Waals surface area contributed by atoms with Gasteiger partial charge in [0.2, 0.25) is 5.76 Å². The number of ether oxygens (including phenoxy) is 3. The largest absolute Gasteiger partial charge is 0.495 e. The van der Waals surface area contributed by atoms with Gasteiger partial charge in [0.05, 0.1) is 24.8 Å². The van der Waals surface area contributed by atoms with Gasteiger partial charge in [0.15, 0.2) is 23.8 Å². The molecule has 32 heavy (non-hydrogen) atoms. The van der Waals surface area contributed by atoms with Crippen molar-refractivity contribution in [2.45, 2.75) is 6.92 Å². The van der Waals surface area contributed by atoms with Gasteiger partial charge in [-0.05, 0) is 42.8 Å². The van der Waals surface area contributed by atoms with Gasteiger partial charge >= 0.3 is 5.69 Å². The second kappa shape index (κ2) is 10.1. The smallest absolute Gasteiger partial charge is 0.338 e. The molecule has 0 saturated heterocycles. The minimum absolute atomic E-state index is 0.0415. The number of nitrogens with zero attached hydrogens (tertiary/aromatic N) is 2. The molecule has 0 bridgehead atoms. The van der Waals surface area contributed by atoms with Gasteiger partial charge in [-0.2, -0.15) is 0 Å². The Morgan fingerprint density at radius 1 is 1.12 bits per heavy atom. The fourth-order valence-electron chi connectivity index (χ4n) is 2.87. The maximum absolute atomic E-state index is 12.3. The molecular formula is C22H21N3O7. The van der Waals surface area contributed by atoms with Crippen LogP contribution in [-0.4, -0.2) is 36.8 Å². The number of nitrogens with one attached hydrogen (secondary N) is 1. The van der Waals surface area contributed by atoms with Crippen LogP contribution >= 0.6 is 0 Å². The zero-order chi connectivity index (χ0) is 23.1. The highest BCUT2D eigenvalue weighted by atomic mass is 16.6. The standard InChI is InChI=1S/C22H21N3O7/c1-14-22(25(27)28)19(32-24-14)11-9-15-8-10-18(20(12-15)30-3)31-13-21(26)23-16-6-4-5-7-17(16)29-2/h4-12H,13H2,1-3H3,(H,23,26)/b11-9+. The molecule has 10 nitrogen and oxygen atoms in total. The topological polar surface area (TPSA) is 126 Å². The van der Waals surface area contributed by atoms with Crippen molar-refractivity contribution >= 4 is 29.4 Å². The Kier molecular flexibility index (Phi) is 7.06. The predicted molar refractivity (Wildman–Crippen MR) is 117 cm³/mol. The summed E-state index contributed by atoms with van der Waals surface area (Å²) in [5.41, 5.74) is 1.22. The first-order chi connectivity index (χ1) is 15.4. The average Bonchev–Trinajstić information content (AvgIpc) is 3.17. The van der Waals surface area contributed by atoms with E-state index < -0.39 is 4.92 Å². The Labute approximate surface area is 183 Å². The third-order valence-electron chi connectivity index (χ3n) is 4.39. The first-order valence-corrected chi connectivity index (χ1v) is 9.45. The summed E-state index contributed by atoms with van der Waals surface area (Å²) >= 11 is 0. The lowest BCUT2D eigenvalue weighted by atomic mass is 10.1. The maximum Gasteiger partial charge on any atom is 0.338 e. The molecule has 1 amide bonds. The van der Waals surface area contributed by atoms with E-state index in [0.717, 1.165) is 0 Å². The van der Waals surface area contributed by atoms with Crippen LogP contribution in [0.25, 0.3) is 12.2 Å². The lowest BCUT2D eigenvalue weighted by molar-refractivity contribution is -0.386. The van der Waals surface area contributed by atoms with Crippen molar-refractivity contribution in [3.05, 3.63) is 69.6 Å². The first kappa shape index (κ1) is 22.3. The molecular weight excluding hydrogens is 418 g/mol. The summed E-state index contributed by atoms with van der Waals surface area (Å²) < 4.78 is 21.1. The number of aromatic nitrogens is 1. The number of aryl methyl sites for hydroxylation is 1. The highest BCUT2D eigenvalue weighted by Crippen LogP contribution is 2.30. The molecule has 0 aliphatic heterocycles. The number of amides is 1. The molecule has 0 aliphatic rings. The molecule has 1 heterocycles. The Morgan fingerprint density at radius 2 is 1.88 bits per heavy atom. The third kappa shape index (κ3) is 5.22. The van der Waals surface area contributed by atoms with E-state index in [1.807, 2.05) is 0 Å². The van der Waals surface area contributed by atoms with Gasteiger partial charge in [-0.1, -0.05) is 29.4 Å². The second-order valence-electron chi connectivity index (χ2n) is 6.52. The molecule has 0 fully saturated rings. The number of rotatable bonds is 9. The predicted octanol–water partition coefficient (Wildman–Crippen LogP) is 4.10. The fraction of sp³-hybridized carbons (Fsp3) is 0.182. The Morgan fingerprint density at radius 3 is 2.59 bits per heavy atom. The monoisotopic (exact) mass is 439 g/mol. The van der Waals surface area contributed by atoms with Crippen LogP contribution in [0.4, 0.5) is 11.4 Å². The first-order valence-electron chi connectivity index (χ1n) is 9.45. The molecule has 0 unspecified atom stereocenters. The number of benzene rings is 2. The van der Waals surface area contributed by atoms with Crippen LogP contribution < -0.4 is 19.5 Å². The van der Waals surface area contributed by atoms with Gasteiger partial charge in [0.25, 0.3) is 5.91 Å². The highest BCUT2D eigenvalue weighted by molar-refractivity contribution is 5.93. The van der Waals surface area contributed by atoms with Crippen LogP contribution in [0.5, 0.6) is 17.2 Å². The lowest BCUT2D eigenvalue weighted by Crippen LogP contribution is -2.20. The zero-order valence-electron chi connectivity index (χ0n) is 17.7. The van der Waals surface area contributed by atoms with Crippen LogP contribution in [0.15, 0.2) is 47.0 Å². The quantitative estimate of drug-likeness (QED) is 0.390. The van der Waals surface area contributed by atoms with E-state index in [1.54, 1.807) is 48.5 Å². The van der Waals surface area contributed by atoms with Gasteiger partial charge in [-0.3, -0.25) is 14.9 Å². The van der Waals surface area contributed by atoms with Gasteiger partial charge in [0.1, 0.15) is 5.75 Å². The zero-order valence-corrected chi connectivity index (χ0v) is 17.7. The van der Waals surface area contributed by atoms with E-state index in [1.165, 1.54) is 27.2 Å². The van der Waals surface area contributed by atoms with Crippen molar-refractivity contribution in [1.29, 1.82) is 0 Å². The van der Waals surface area contributed by atoms with Gasteiger partial charge < -0.3 is 24.1 Å². The highest BCUT2D eigenvalue weighted by Gasteiger charge is 2.22. The second-order valence-corrected chi connectivity index (χ2v) is 6.52. The fourth-order valence-corrected chi connectivity index (χ4v) is 2.87. The van der Waals surface area contributed by atoms with Crippen molar-refractivity contribution in [3.63, 3.8) is 0 Å². The number of anilines is 1. The number of carbonyl (C=O) groups excluding carboxylic acids is 1. The Bertz CT molecular complexity index is 1150. The summed E-state index contributed by atoms with van der Waals surface area (Å²) in [4.78, 5) is 22.8. The number of hydrogen-bond acceptors (Lipinski definition) is 8. The maximum atomic E-state index is 12.3. The van der Waals surface area contributed by atoms with Gasteiger partial charge in [0, 0.05) is 0 Å². The van der Waals surface area contributed by atoms with Crippen molar-refractivity contribution in [3.8, 4) is 17.2 Å². The van der Waals surface area contributed by atoms with Crippen molar-refractivity contribution in [2.24, 2.45) is 0 Å². The Balaban J connectivity index is 1.68. The molecule has 166 valence electrons. The van der Waals surface area contributed by atoms with E-state index in [9.17, 15) is 14.9 Å². The molecule has 10 heteroatoms. The number of para-hydroxylation sites is 2. The van der Waals surface area contributed by atoms with E-state index in [-0.39, 0.29) is 29.7 Å². The SMILES string of the molecule is COc1ccccc1NC(=O)COc1ccc(/C=C/c2onc(C)c2[N+](=O)[O-])cc1OC. The van der Waals surface area contributed by atoms with Gasteiger partial charge in [-0.25, -0.2) is 0 Å². The summed E-state index contributed by atoms with van der Waals surface area (Å²) in [5, 5.41) is 17.5. The summed E-state index contributed by atoms with van der Waals surface area (Å²) in [7, 11) is 2.99. The van der Waals surface area contributed by atoms with Crippen LogP contribution in [0, 0.1) is 17.0 Å². The number of nitro groups is 1. The summed E-state index contributed by atoms with van der Waals surface area (Å²) in [6.07, 6.45) is 3.07. The molecule has 0 aliphatic carbocycles. The molecule has 0 radical (unpaired) electrons. The Hall–Kier alpha value is -4.34. The van der Waals surface area contributed by atoms with E-state index >= 15 is 0 Å². The van der Waals surface area contributed by atoms with E-state index in [4.69, 9.17) is 18.7 Å².